The summed E-state index contributed by atoms with van der Waals surface area (Å²) < 4.78 is 22.4. The molecule has 13 nitrogen and oxygen atoms in total. The van der Waals surface area contributed by atoms with Crippen molar-refractivity contribution in [3.8, 4) is 17.2 Å². The summed E-state index contributed by atoms with van der Waals surface area (Å²) in [5.41, 5.74) is 2.48. The summed E-state index contributed by atoms with van der Waals surface area (Å²) in [5, 5.41) is 7.73. The largest absolute Gasteiger partial charge is 0.493 e. The molecule has 0 aliphatic carbocycles. The molecule has 4 aromatic rings. The number of amides is 3. The van der Waals surface area contributed by atoms with Crippen molar-refractivity contribution in [1.82, 2.24) is 25.3 Å². The highest BCUT2D eigenvalue weighted by Crippen LogP contribution is 2.44. The van der Waals surface area contributed by atoms with E-state index in [1.807, 2.05) is 42.5 Å². The molecular weight excluding hydrogens is 652 g/mol. The lowest BCUT2D eigenvalue weighted by Crippen LogP contribution is -2.42. The van der Waals surface area contributed by atoms with Gasteiger partial charge in [0.2, 0.25) is 17.6 Å². The average molecular weight is 697 g/mol. The van der Waals surface area contributed by atoms with E-state index in [1.165, 1.54) is 0 Å². The molecule has 0 radical (unpaired) electrons. The number of nitrogens with one attached hydrogen (secondary N) is 1. The quantitative estimate of drug-likeness (QED) is 0.287. The van der Waals surface area contributed by atoms with Crippen LogP contribution in [0.3, 0.4) is 0 Å². The molecule has 6 rings (SSSR count). The second-order valence-corrected chi connectivity index (χ2v) is 12.8. The minimum absolute atomic E-state index is 0.109. The van der Waals surface area contributed by atoms with E-state index in [9.17, 15) is 14.4 Å². The molecule has 2 aromatic heterocycles. The van der Waals surface area contributed by atoms with Crippen LogP contribution in [0.4, 0.5) is 5.82 Å². The number of anilines is 1. The van der Waals surface area contributed by atoms with E-state index in [-0.39, 0.29) is 61.9 Å². The lowest BCUT2D eigenvalue weighted by Gasteiger charge is -2.35. The molecule has 2 aliphatic rings. The molecule has 0 saturated carbocycles. The Morgan fingerprint density at radius 3 is 2.47 bits per heavy atom. The number of pyridine rings is 1. The van der Waals surface area contributed by atoms with E-state index in [0.717, 1.165) is 36.3 Å². The van der Waals surface area contributed by atoms with Gasteiger partial charge in [0.1, 0.15) is 11.6 Å². The van der Waals surface area contributed by atoms with Crippen LogP contribution in [-0.2, 0) is 16.1 Å². The number of hydrogen-bond donors (Lipinski definition) is 1. The van der Waals surface area contributed by atoms with Gasteiger partial charge in [-0.2, -0.15) is 0 Å². The Morgan fingerprint density at radius 2 is 1.75 bits per heavy atom. The van der Waals surface area contributed by atoms with E-state index in [1.54, 1.807) is 56.3 Å². The molecule has 0 spiro atoms. The summed E-state index contributed by atoms with van der Waals surface area (Å²) in [7, 11) is 4.70. The van der Waals surface area contributed by atoms with E-state index in [0.29, 0.717) is 47.0 Å². The van der Waals surface area contributed by atoms with Gasteiger partial charge < -0.3 is 38.8 Å². The van der Waals surface area contributed by atoms with Crippen molar-refractivity contribution in [3.05, 3.63) is 77.2 Å². The Labute approximate surface area is 297 Å². The van der Waals surface area contributed by atoms with Gasteiger partial charge in [0.25, 0.3) is 5.91 Å². The molecule has 51 heavy (non-hydrogen) atoms. The number of fused-ring (bicyclic) bond motifs is 5. The molecule has 268 valence electrons. The van der Waals surface area contributed by atoms with Gasteiger partial charge in [-0.25, -0.2) is 4.98 Å². The summed E-state index contributed by atoms with van der Waals surface area (Å²) >= 11 is 0. The zero-order valence-electron chi connectivity index (χ0n) is 29.5. The smallest absolute Gasteiger partial charge is 0.276 e. The van der Waals surface area contributed by atoms with E-state index >= 15 is 0 Å². The molecule has 2 aliphatic heterocycles. The van der Waals surface area contributed by atoms with Crippen LogP contribution >= 0.6 is 0 Å². The third kappa shape index (κ3) is 8.08. The lowest BCUT2D eigenvalue weighted by atomic mass is 9.97. The van der Waals surface area contributed by atoms with Gasteiger partial charge in [-0.1, -0.05) is 35.5 Å². The molecule has 1 saturated heterocycles. The summed E-state index contributed by atoms with van der Waals surface area (Å²) in [6.45, 7) is 4.32. The molecule has 3 amide bonds. The average Bonchev–Trinajstić information content (AvgIpc) is 3.60. The minimum atomic E-state index is -0.378. The number of methoxy groups -OCH3 is 3. The number of benzene rings is 2. The van der Waals surface area contributed by atoms with Gasteiger partial charge in [0, 0.05) is 81.4 Å². The summed E-state index contributed by atoms with van der Waals surface area (Å²) in [6.07, 6.45) is 5.29. The molecule has 2 aromatic carbocycles. The third-order valence-corrected chi connectivity index (χ3v) is 9.36. The van der Waals surface area contributed by atoms with Crippen molar-refractivity contribution in [1.29, 1.82) is 0 Å². The Bertz CT molecular complexity index is 1910. The fourth-order valence-electron chi connectivity index (χ4n) is 6.71. The van der Waals surface area contributed by atoms with Gasteiger partial charge in [-0.3, -0.25) is 14.4 Å². The van der Waals surface area contributed by atoms with Crippen molar-refractivity contribution in [2.45, 2.75) is 32.7 Å². The van der Waals surface area contributed by atoms with Crippen LogP contribution < -0.4 is 24.4 Å². The maximum Gasteiger partial charge on any atom is 0.276 e. The fraction of sp³-hybridized carbons (Fsp3) is 0.395. The number of ether oxygens (including phenoxy) is 3. The summed E-state index contributed by atoms with van der Waals surface area (Å²) in [5.74, 6) is 2.05. The molecule has 13 heteroatoms. The van der Waals surface area contributed by atoms with E-state index < -0.39 is 0 Å². The van der Waals surface area contributed by atoms with Gasteiger partial charge >= 0.3 is 0 Å². The number of carbonyl (C=O) groups excluding carboxylic acids is 3. The predicted octanol–water partition coefficient (Wildman–Crippen LogP) is 4.48. The zero-order valence-corrected chi connectivity index (χ0v) is 29.5. The Balaban J connectivity index is 1.46. The van der Waals surface area contributed by atoms with Crippen molar-refractivity contribution >= 4 is 40.5 Å². The molecule has 1 N–H and O–H groups in total. The van der Waals surface area contributed by atoms with Gasteiger partial charge in [0.05, 0.1) is 26.8 Å². The van der Waals surface area contributed by atoms with Crippen LogP contribution in [0.25, 0.3) is 17.0 Å². The minimum Gasteiger partial charge on any atom is -0.493 e. The van der Waals surface area contributed by atoms with Crippen LogP contribution in [0.15, 0.2) is 59.1 Å². The maximum atomic E-state index is 14.1. The summed E-state index contributed by atoms with van der Waals surface area (Å²) in [4.78, 5) is 51.6. The molecule has 1 fully saturated rings. The second-order valence-electron chi connectivity index (χ2n) is 12.8. The number of hydrogen-bond acceptors (Lipinski definition) is 10. The topological polar surface area (TPSA) is 140 Å². The lowest BCUT2D eigenvalue weighted by molar-refractivity contribution is -0.127. The standard InChI is InChI=1S/C38H44N6O7/c1-25-19-31(41-51-25)38(47)42-16-14-33(45)39-22-27-11-8-15-44(23-27)37-28(20-29-30(40-37)21-32(48-2)36(50-4)35(29)49-3)24-43(18-17-42)34(46)13-12-26-9-6-5-7-10-26/h5-7,9-10,12-13,19-21,27H,8,11,14-18,22-24H2,1-4H3,(H,39,45). The first-order valence-corrected chi connectivity index (χ1v) is 17.2. The highest BCUT2D eigenvalue weighted by atomic mass is 16.5. The molecule has 2 bridgehead atoms. The van der Waals surface area contributed by atoms with Gasteiger partial charge in [0.15, 0.2) is 17.2 Å². The number of aromatic nitrogens is 2. The Kier molecular flexibility index (Phi) is 11.0. The number of piperidine rings is 1. The van der Waals surface area contributed by atoms with Crippen LogP contribution in [0.2, 0.25) is 0 Å². The van der Waals surface area contributed by atoms with Crippen LogP contribution in [0, 0.1) is 12.8 Å². The SMILES string of the molecule is COc1cc2nc3c(cc2c(OC)c1OC)CN(C(=O)C=Cc1ccccc1)CCN(C(=O)c1cc(C)on1)CCC(=O)NCC1CCCN3C1. The maximum absolute atomic E-state index is 14.1. The number of rotatable bonds is 6. The monoisotopic (exact) mass is 696 g/mol. The molecular formula is C38H44N6O7. The highest BCUT2D eigenvalue weighted by molar-refractivity contribution is 5.94. The fourth-order valence-corrected chi connectivity index (χ4v) is 6.71. The highest BCUT2D eigenvalue weighted by Gasteiger charge is 2.29. The zero-order chi connectivity index (χ0) is 35.9. The first-order valence-electron chi connectivity index (χ1n) is 17.2. The van der Waals surface area contributed by atoms with Gasteiger partial charge in [-0.05, 0) is 43.4 Å². The second kappa shape index (κ2) is 16.0. The number of carbonyl (C=O) groups is 3. The molecule has 1 unspecified atom stereocenters. The van der Waals surface area contributed by atoms with Gasteiger partial charge in [-0.15, -0.1) is 0 Å². The van der Waals surface area contributed by atoms with Crippen LogP contribution in [0.1, 0.15) is 46.6 Å². The van der Waals surface area contributed by atoms with E-state index in [4.69, 9.17) is 23.7 Å². The number of aryl methyl sites for hydroxylation is 1. The third-order valence-electron chi connectivity index (χ3n) is 9.36. The van der Waals surface area contributed by atoms with E-state index in [2.05, 4.69) is 15.4 Å². The first-order chi connectivity index (χ1) is 24.8. The first kappa shape index (κ1) is 35.2. The number of nitrogens with zero attached hydrogens (tertiary/aromatic N) is 5. The van der Waals surface area contributed by atoms with Crippen molar-refractivity contribution < 1.29 is 33.1 Å². The van der Waals surface area contributed by atoms with Crippen LogP contribution in [0.5, 0.6) is 17.2 Å². The summed E-state index contributed by atoms with van der Waals surface area (Å²) in [6, 6.07) is 15.0. The van der Waals surface area contributed by atoms with Crippen molar-refractivity contribution in [2.75, 3.05) is 65.5 Å². The normalized spacial score (nSPS) is 17.4. The predicted molar refractivity (Wildman–Crippen MR) is 192 cm³/mol. The Morgan fingerprint density at radius 1 is 0.961 bits per heavy atom. The molecule has 1 atom stereocenters. The Hall–Kier alpha value is -5.59. The van der Waals surface area contributed by atoms with Crippen molar-refractivity contribution in [2.24, 2.45) is 5.92 Å². The van der Waals surface area contributed by atoms with Crippen LogP contribution in [-0.4, -0.2) is 98.3 Å². The van der Waals surface area contributed by atoms with Crippen molar-refractivity contribution in [3.63, 3.8) is 0 Å². The molecule has 4 heterocycles.